The van der Waals surface area contributed by atoms with Crippen LogP contribution in [0.1, 0.15) is 71.6 Å². The van der Waals surface area contributed by atoms with Gasteiger partial charge in [-0.3, -0.25) is 19.2 Å². The van der Waals surface area contributed by atoms with Crippen LogP contribution >= 0.6 is 11.3 Å². The molecule has 6 atom stereocenters. The number of carbonyl (C=O) groups excluding carboxylic acids is 3. The molecule has 1 heterocycles. The van der Waals surface area contributed by atoms with Crippen LogP contribution in [0.15, 0.2) is 17.5 Å². The van der Waals surface area contributed by atoms with Crippen molar-refractivity contribution in [1.82, 2.24) is 10.6 Å². The van der Waals surface area contributed by atoms with E-state index in [9.17, 15) is 19.2 Å². The van der Waals surface area contributed by atoms with Crippen molar-refractivity contribution in [3.8, 4) is 0 Å². The predicted octanol–water partition coefficient (Wildman–Crippen LogP) is 2.87. The predicted molar refractivity (Wildman–Crippen MR) is 136 cm³/mol. The minimum absolute atomic E-state index is 0.0574. The number of carboxylic acid groups (broad SMARTS) is 1. The number of rotatable bonds is 16. The Bertz CT molecular complexity index is 816. The summed E-state index contributed by atoms with van der Waals surface area (Å²) in [6.45, 7) is 9.16. The summed E-state index contributed by atoms with van der Waals surface area (Å²) in [6, 6.07) is 0.828. The Hall–Kier alpha value is -2.46. The van der Waals surface area contributed by atoms with Crippen molar-refractivity contribution in [2.75, 3.05) is 0 Å². The number of unbranched alkanes of at least 4 members (excludes halogenated alkanes) is 1. The molecule has 10 heteroatoms. The zero-order valence-electron chi connectivity index (χ0n) is 21.4. The van der Waals surface area contributed by atoms with E-state index in [2.05, 4.69) is 17.6 Å². The van der Waals surface area contributed by atoms with Gasteiger partial charge in [-0.05, 0) is 36.6 Å². The minimum atomic E-state index is -1.17. The summed E-state index contributed by atoms with van der Waals surface area (Å²) >= 11 is 1.43. The van der Waals surface area contributed by atoms with Gasteiger partial charge in [0.15, 0.2) is 0 Å². The molecule has 0 saturated heterocycles. The van der Waals surface area contributed by atoms with Gasteiger partial charge in [-0.25, -0.2) is 0 Å². The van der Waals surface area contributed by atoms with Crippen LogP contribution in [-0.2, 0) is 30.3 Å². The first-order valence-corrected chi connectivity index (χ1v) is 13.2. The van der Waals surface area contributed by atoms with Crippen molar-refractivity contribution in [2.45, 2.75) is 97.4 Å². The lowest BCUT2D eigenvalue weighted by Gasteiger charge is -2.27. The smallest absolute Gasteiger partial charge is 0.325 e. The van der Waals surface area contributed by atoms with Gasteiger partial charge in [-0.15, -0.1) is 11.3 Å². The quantitative estimate of drug-likeness (QED) is 0.249. The second kappa shape index (κ2) is 15.5. The van der Waals surface area contributed by atoms with Crippen molar-refractivity contribution < 1.29 is 29.0 Å². The van der Waals surface area contributed by atoms with E-state index in [1.165, 1.54) is 18.3 Å². The van der Waals surface area contributed by atoms with Gasteiger partial charge in [0.05, 0.1) is 6.42 Å². The summed E-state index contributed by atoms with van der Waals surface area (Å²) in [5.74, 6) is -2.89. The number of esters is 1. The third-order valence-corrected chi connectivity index (χ3v) is 7.10. The van der Waals surface area contributed by atoms with E-state index in [1.807, 2.05) is 38.3 Å². The lowest BCUT2D eigenvalue weighted by atomic mass is 9.94. The molecule has 0 aromatic carbocycles. The molecule has 0 radical (unpaired) electrons. The van der Waals surface area contributed by atoms with Crippen molar-refractivity contribution in [2.24, 2.45) is 17.6 Å². The number of carboxylic acids is 1. The van der Waals surface area contributed by atoms with Crippen LogP contribution in [-0.4, -0.2) is 53.1 Å². The Morgan fingerprint density at radius 1 is 1.11 bits per heavy atom. The minimum Gasteiger partial charge on any atom is -0.480 e. The highest BCUT2D eigenvalue weighted by atomic mass is 32.1. The average Bonchev–Trinajstić information content (AvgIpc) is 3.33. The molecule has 1 aromatic heterocycles. The molecular formula is C25H41N3O6S. The second-order valence-corrected chi connectivity index (χ2v) is 10.2. The molecule has 1 aromatic rings. The normalized spacial score (nSPS) is 16.3. The van der Waals surface area contributed by atoms with Gasteiger partial charge >= 0.3 is 11.9 Å². The Morgan fingerprint density at radius 2 is 1.80 bits per heavy atom. The first-order valence-electron chi connectivity index (χ1n) is 12.3. The topological polar surface area (TPSA) is 148 Å². The molecule has 35 heavy (non-hydrogen) atoms. The maximum absolute atomic E-state index is 13.0. The first kappa shape index (κ1) is 30.6. The molecular weight excluding hydrogens is 470 g/mol. The third-order valence-electron chi connectivity index (χ3n) is 6.20. The summed E-state index contributed by atoms with van der Waals surface area (Å²) in [5, 5.41) is 16.1. The van der Waals surface area contributed by atoms with E-state index >= 15 is 0 Å². The van der Waals surface area contributed by atoms with Gasteiger partial charge in [0.25, 0.3) is 0 Å². The van der Waals surface area contributed by atoms with Crippen molar-refractivity contribution >= 4 is 35.1 Å². The number of ether oxygens (including phenoxy) is 1. The number of nitrogens with one attached hydrogen (secondary N) is 2. The summed E-state index contributed by atoms with van der Waals surface area (Å²) in [5.41, 5.74) is 6.04. The third kappa shape index (κ3) is 10.8. The van der Waals surface area contributed by atoms with E-state index in [1.54, 1.807) is 0 Å². The van der Waals surface area contributed by atoms with Gasteiger partial charge in [-0.2, -0.15) is 0 Å². The van der Waals surface area contributed by atoms with E-state index < -0.39 is 48.0 Å². The lowest BCUT2D eigenvalue weighted by molar-refractivity contribution is -0.156. The van der Waals surface area contributed by atoms with Crippen LogP contribution in [0.25, 0.3) is 0 Å². The molecule has 0 unspecified atom stereocenters. The number of aliphatic carboxylic acids is 1. The number of thiophene rings is 1. The van der Waals surface area contributed by atoms with Gasteiger partial charge < -0.3 is 26.2 Å². The standard InChI is InChI=1S/C25H41N3O6S/c1-6-8-10-16(4)20(34-25(33)22(26)15(3)7-2)14-21(29)28-19(13-18-11-9-12-35-18)23(30)27-17(5)24(31)32/h9,11-12,15-17,19-20,22H,6-8,10,13-14,26H2,1-5H3,(H,27,30)(H,28,29)(H,31,32)/t15-,16-,17-,19-,20-,22+/m0/s1. The van der Waals surface area contributed by atoms with Gasteiger partial charge in [0, 0.05) is 11.3 Å². The molecule has 1 rings (SSSR count). The molecule has 0 bridgehead atoms. The SMILES string of the molecule is CCCC[C@H](C)[C@H](CC(=O)N[C@@H](Cc1cccs1)C(=O)N[C@@H](C)C(=O)O)OC(=O)[C@H](N)[C@@H](C)CC. The number of carbonyl (C=O) groups is 4. The summed E-state index contributed by atoms with van der Waals surface area (Å²) in [6.07, 6.45) is 2.80. The Balaban J connectivity index is 2.97. The van der Waals surface area contributed by atoms with Crippen molar-refractivity contribution in [1.29, 1.82) is 0 Å². The zero-order valence-corrected chi connectivity index (χ0v) is 22.2. The van der Waals surface area contributed by atoms with Gasteiger partial charge in [0.2, 0.25) is 11.8 Å². The Kier molecular flexibility index (Phi) is 13.6. The van der Waals surface area contributed by atoms with E-state index in [4.69, 9.17) is 15.6 Å². The first-order chi connectivity index (χ1) is 16.5. The molecule has 2 amide bonds. The molecule has 0 aliphatic rings. The maximum Gasteiger partial charge on any atom is 0.325 e. The van der Waals surface area contributed by atoms with Crippen molar-refractivity contribution in [3.05, 3.63) is 22.4 Å². The van der Waals surface area contributed by atoms with Crippen LogP contribution in [0.2, 0.25) is 0 Å². The summed E-state index contributed by atoms with van der Waals surface area (Å²) < 4.78 is 5.71. The number of amides is 2. The highest BCUT2D eigenvalue weighted by Gasteiger charge is 2.31. The fourth-order valence-electron chi connectivity index (χ4n) is 3.44. The summed E-state index contributed by atoms with van der Waals surface area (Å²) in [7, 11) is 0. The number of hydrogen-bond acceptors (Lipinski definition) is 7. The number of hydrogen-bond donors (Lipinski definition) is 4. The molecule has 0 aliphatic carbocycles. The van der Waals surface area contributed by atoms with Crippen LogP contribution < -0.4 is 16.4 Å². The maximum atomic E-state index is 13.0. The van der Waals surface area contributed by atoms with Gasteiger partial charge in [0.1, 0.15) is 24.2 Å². The van der Waals surface area contributed by atoms with Crippen LogP contribution in [0.4, 0.5) is 0 Å². The fraction of sp³-hybridized carbons (Fsp3) is 0.680. The van der Waals surface area contributed by atoms with Crippen molar-refractivity contribution in [3.63, 3.8) is 0 Å². The molecule has 5 N–H and O–H groups in total. The van der Waals surface area contributed by atoms with Crippen LogP contribution in [0.5, 0.6) is 0 Å². The largest absolute Gasteiger partial charge is 0.480 e. The molecule has 198 valence electrons. The van der Waals surface area contributed by atoms with E-state index in [-0.39, 0.29) is 24.7 Å². The highest BCUT2D eigenvalue weighted by molar-refractivity contribution is 7.09. The molecule has 0 fully saturated rings. The van der Waals surface area contributed by atoms with Crippen LogP contribution in [0.3, 0.4) is 0 Å². The molecule has 9 nitrogen and oxygen atoms in total. The summed E-state index contributed by atoms with van der Waals surface area (Å²) in [4.78, 5) is 50.5. The molecule has 0 aliphatic heterocycles. The second-order valence-electron chi connectivity index (χ2n) is 9.18. The molecule has 0 saturated carbocycles. The lowest BCUT2D eigenvalue weighted by Crippen LogP contribution is -2.52. The Morgan fingerprint density at radius 3 is 2.34 bits per heavy atom. The van der Waals surface area contributed by atoms with E-state index in [0.29, 0.717) is 0 Å². The molecule has 0 spiro atoms. The number of nitrogens with two attached hydrogens (primary N) is 1. The van der Waals surface area contributed by atoms with Gasteiger partial charge in [-0.1, -0.05) is 53.0 Å². The fourth-order valence-corrected chi connectivity index (χ4v) is 4.19. The Labute approximate surface area is 212 Å². The average molecular weight is 512 g/mol. The zero-order chi connectivity index (χ0) is 26.5. The highest BCUT2D eigenvalue weighted by Crippen LogP contribution is 2.20. The van der Waals surface area contributed by atoms with Crippen LogP contribution in [0, 0.1) is 11.8 Å². The van der Waals surface area contributed by atoms with E-state index in [0.717, 1.165) is 30.6 Å². The monoisotopic (exact) mass is 511 g/mol.